The third kappa shape index (κ3) is 11.2. The van der Waals surface area contributed by atoms with Crippen molar-refractivity contribution in [1.82, 2.24) is 9.97 Å². The summed E-state index contributed by atoms with van der Waals surface area (Å²) in [5, 5.41) is 9.36. The average Bonchev–Trinajstić information content (AvgIpc) is 2.91. The van der Waals surface area contributed by atoms with Crippen molar-refractivity contribution in [2.45, 2.75) is 32.2 Å². The molecule has 1 aromatic carbocycles. The summed E-state index contributed by atoms with van der Waals surface area (Å²) < 4.78 is 0.775. The molecule has 0 saturated carbocycles. The fraction of sp³-hybridized carbons (Fsp3) is 0.207. The Kier molecular flexibility index (Phi) is 14.9. The van der Waals surface area contributed by atoms with Crippen molar-refractivity contribution in [3.8, 4) is 0 Å². The molecule has 1 atom stereocenters. The van der Waals surface area contributed by atoms with Gasteiger partial charge in [-0.25, -0.2) is 4.98 Å². The van der Waals surface area contributed by atoms with E-state index in [1.165, 1.54) is 5.57 Å². The first-order valence-corrected chi connectivity index (χ1v) is 12.6. The quantitative estimate of drug-likeness (QED) is 0.111. The Bertz CT molecular complexity index is 1130. The van der Waals surface area contributed by atoms with E-state index in [0.29, 0.717) is 23.9 Å². The molecular formula is C29H37BrN6O. The van der Waals surface area contributed by atoms with Gasteiger partial charge >= 0.3 is 0 Å². The maximum Gasteiger partial charge on any atom is 0.241 e. The minimum Gasteiger partial charge on any atom is -0.369 e. The number of anilines is 4. The van der Waals surface area contributed by atoms with Gasteiger partial charge in [-0.2, -0.15) is 4.98 Å². The molecule has 196 valence electrons. The highest BCUT2D eigenvalue weighted by atomic mass is 79.9. The van der Waals surface area contributed by atoms with Gasteiger partial charge in [0.05, 0.1) is 10.5 Å². The van der Waals surface area contributed by atoms with Gasteiger partial charge in [-0.3, -0.25) is 4.79 Å². The van der Waals surface area contributed by atoms with Gasteiger partial charge in [0.15, 0.2) is 0 Å². The summed E-state index contributed by atoms with van der Waals surface area (Å²) in [6.07, 6.45) is 13.0. The lowest BCUT2D eigenvalue weighted by molar-refractivity contribution is -0.117. The summed E-state index contributed by atoms with van der Waals surface area (Å²) in [7, 11) is 0. The lowest BCUT2D eigenvalue weighted by Crippen LogP contribution is -2.35. The summed E-state index contributed by atoms with van der Waals surface area (Å²) in [6, 6.07) is 6.57. The van der Waals surface area contributed by atoms with E-state index >= 15 is 0 Å². The fourth-order valence-corrected chi connectivity index (χ4v) is 3.50. The third-order valence-electron chi connectivity index (χ3n) is 5.08. The molecule has 0 fully saturated rings. The highest BCUT2D eigenvalue weighted by Crippen LogP contribution is 2.23. The zero-order chi connectivity index (χ0) is 27.6. The Labute approximate surface area is 229 Å². The van der Waals surface area contributed by atoms with E-state index in [0.717, 1.165) is 35.1 Å². The van der Waals surface area contributed by atoms with Crippen LogP contribution >= 0.6 is 15.9 Å². The van der Waals surface area contributed by atoms with Gasteiger partial charge in [0.25, 0.3) is 0 Å². The number of hydrogen-bond donors (Lipinski definition) is 4. The molecule has 2 aromatic rings. The van der Waals surface area contributed by atoms with Crippen molar-refractivity contribution >= 4 is 45.0 Å². The zero-order valence-corrected chi connectivity index (χ0v) is 23.1. The Morgan fingerprint density at radius 1 is 1.16 bits per heavy atom. The number of nitrogens with two attached hydrogens (primary N) is 1. The molecule has 0 bridgehead atoms. The van der Waals surface area contributed by atoms with Crippen LogP contribution in [0.4, 0.5) is 23.1 Å². The Hall–Kier alpha value is -3.75. The van der Waals surface area contributed by atoms with E-state index in [4.69, 9.17) is 5.73 Å². The van der Waals surface area contributed by atoms with Crippen LogP contribution in [0.2, 0.25) is 0 Å². The molecule has 1 aromatic heterocycles. The second-order valence-corrected chi connectivity index (χ2v) is 8.53. The monoisotopic (exact) mass is 564 g/mol. The van der Waals surface area contributed by atoms with Crippen LogP contribution in [-0.4, -0.2) is 28.5 Å². The number of nitrogens with zero attached hydrogens (tertiary/aromatic N) is 2. The number of amides is 1. The first-order valence-electron chi connectivity index (χ1n) is 11.8. The van der Waals surface area contributed by atoms with Crippen LogP contribution < -0.4 is 21.7 Å². The molecule has 0 aliphatic rings. The van der Waals surface area contributed by atoms with E-state index in [9.17, 15) is 4.79 Å². The normalized spacial score (nSPS) is 11.9. The largest absolute Gasteiger partial charge is 0.369 e. The van der Waals surface area contributed by atoms with Gasteiger partial charge in [-0.1, -0.05) is 61.8 Å². The Morgan fingerprint density at radius 2 is 1.86 bits per heavy atom. The molecule has 5 N–H and O–H groups in total. The molecule has 1 amide bonds. The van der Waals surface area contributed by atoms with Gasteiger partial charge in [0.2, 0.25) is 11.9 Å². The third-order valence-corrected chi connectivity index (χ3v) is 5.66. The van der Waals surface area contributed by atoms with Gasteiger partial charge in [0.1, 0.15) is 5.82 Å². The molecule has 37 heavy (non-hydrogen) atoms. The predicted molar refractivity (Wildman–Crippen MR) is 162 cm³/mol. The minimum absolute atomic E-state index is 0.289. The standard InChI is InChI=1S/C27H33BrN6O.C2H4/c1-5-11-20(8-4)16-24(29)26(35)32-21-13-9-14-22(17-21)33-27-31-18-23(28)25(34-27)30-15-10-12-19(6-2)7-3;1-2/h5-9,11,13-14,17-18,24H,1-2,4,10,12,15-16,29H2,3H3,(H,32,35)(H2,30,31,33,34);1-2H2/b19-7+,20-11+;. The molecule has 7 nitrogen and oxygen atoms in total. The molecule has 0 saturated heterocycles. The number of carbonyl (C=O) groups excluding carboxylic acids is 1. The molecule has 0 aliphatic heterocycles. The lowest BCUT2D eigenvalue weighted by Gasteiger charge is -2.14. The maximum absolute atomic E-state index is 12.5. The summed E-state index contributed by atoms with van der Waals surface area (Å²) >= 11 is 3.49. The number of aromatic nitrogens is 2. The number of benzene rings is 1. The number of allylic oxidation sites excluding steroid dienone is 6. The van der Waals surface area contributed by atoms with Gasteiger partial charge in [-0.05, 0) is 65.9 Å². The van der Waals surface area contributed by atoms with Crippen molar-refractivity contribution in [2.24, 2.45) is 5.73 Å². The van der Waals surface area contributed by atoms with Crippen molar-refractivity contribution < 1.29 is 4.79 Å². The molecule has 0 radical (unpaired) electrons. The van der Waals surface area contributed by atoms with Crippen LogP contribution in [0.25, 0.3) is 0 Å². The highest BCUT2D eigenvalue weighted by molar-refractivity contribution is 9.10. The predicted octanol–water partition coefficient (Wildman–Crippen LogP) is 7.06. The van der Waals surface area contributed by atoms with Crippen LogP contribution in [-0.2, 0) is 4.79 Å². The SMILES string of the molecule is C=C.C=C/C=C(\C=C)CC(N)C(=O)Nc1cccc(Nc2ncc(Br)c(NCCC/C(C=C)=C/C)n2)c1. The fourth-order valence-electron chi connectivity index (χ4n) is 3.17. The number of halogens is 1. The number of nitrogens with one attached hydrogen (secondary N) is 3. The second kappa shape index (κ2) is 17.6. The number of rotatable bonds is 14. The van der Waals surface area contributed by atoms with Crippen molar-refractivity contribution in [3.05, 3.63) is 109 Å². The van der Waals surface area contributed by atoms with E-state index in [1.807, 2.05) is 25.1 Å². The van der Waals surface area contributed by atoms with Gasteiger partial charge < -0.3 is 21.7 Å². The first kappa shape index (κ1) is 31.3. The van der Waals surface area contributed by atoms with Crippen LogP contribution in [0.3, 0.4) is 0 Å². The number of carbonyl (C=O) groups is 1. The first-order chi connectivity index (χ1) is 17.9. The van der Waals surface area contributed by atoms with Crippen LogP contribution in [0.15, 0.2) is 109 Å². The molecule has 1 unspecified atom stereocenters. The summed E-state index contributed by atoms with van der Waals surface area (Å²) in [5.74, 6) is 0.841. The smallest absolute Gasteiger partial charge is 0.241 e. The van der Waals surface area contributed by atoms with E-state index < -0.39 is 6.04 Å². The van der Waals surface area contributed by atoms with Gasteiger partial charge in [-0.15, -0.1) is 13.2 Å². The van der Waals surface area contributed by atoms with Crippen molar-refractivity contribution in [1.29, 1.82) is 0 Å². The molecule has 0 spiro atoms. The second-order valence-electron chi connectivity index (χ2n) is 7.68. The zero-order valence-electron chi connectivity index (χ0n) is 21.5. The van der Waals surface area contributed by atoms with Crippen LogP contribution in [0, 0.1) is 0 Å². The molecule has 8 heteroatoms. The molecule has 2 rings (SSSR count). The summed E-state index contributed by atoms with van der Waals surface area (Å²) in [4.78, 5) is 21.4. The Balaban J connectivity index is 0.00000334. The number of hydrogen-bond acceptors (Lipinski definition) is 6. The Morgan fingerprint density at radius 3 is 2.51 bits per heavy atom. The summed E-state index contributed by atoms with van der Waals surface area (Å²) in [5.41, 5.74) is 9.46. The van der Waals surface area contributed by atoms with E-state index in [1.54, 1.807) is 36.6 Å². The summed E-state index contributed by atoms with van der Waals surface area (Å²) in [6.45, 7) is 20.0. The lowest BCUT2D eigenvalue weighted by atomic mass is 10.1. The van der Waals surface area contributed by atoms with E-state index in [2.05, 4.69) is 80.8 Å². The van der Waals surface area contributed by atoms with E-state index in [-0.39, 0.29) is 5.91 Å². The molecular weight excluding hydrogens is 528 g/mol. The average molecular weight is 566 g/mol. The van der Waals surface area contributed by atoms with Crippen LogP contribution in [0.1, 0.15) is 26.2 Å². The van der Waals surface area contributed by atoms with Crippen LogP contribution in [0.5, 0.6) is 0 Å². The maximum atomic E-state index is 12.5. The van der Waals surface area contributed by atoms with Crippen molar-refractivity contribution in [2.75, 3.05) is 22.5 Å². The molecule has 0 aliphatic carbocycles. The highest BCUT2D eigenvalue weighted by Gasteiger charge is 2.15. The van der Waals surface area contributed by atoms with Crippen molar-refractivity contribution in [3.63, 3.8) is 0 Å². The molecule has 1 heterocycles. The topological polar surface area (TPSA) is 105 Å². The van der Waals surface area contributed by atoms with Gasteiger partial charge in [0, 0.05) is 24.1 Å². The minimum atomic E-state index is -0.713.